The van der Waals surface area contributed by atoms with E-state index in [0.29, 0.717) is 9.75 Å². The lowest BCUT2D eigenvalue weighted by atomic mass is 10.2. The second-order valence-corrected chi connectivity index (χ2v) is 3.73. The topological polar surface area (TPSA) is 70.3 Å². The Morgan fingerprint density at radius 3 is 3.00 bits per heavy atom. The van der Waals surface area contributed by atoms with Gasteiger partial charge in [0.2, 0.25) is 0 Å². The average molecular weight is 211 g/mol. The van der Waals surface area contributed by atoms with Crippen LogP contribution in [0.25, 0.3) is 0 Å². The molecule has 1 atom stereocenters. The maximum atomic E-state index is 10.8. The van der Waals surface area contributed by atoms with Crippen molar-refractivity contribution in [2.45, 2.75) is 12.5 Å². The number of aliphatic hydroxyl groups excluding tert-OH is 1. The zero-order valence-corrected chi connectivity index (χ0v) is 8.37. The third-order valence-electron chi connectivity index (χ3n) is 1.65. The first-order chi connectivity index (χ1) is 6.67. The van der Waals surface area contributed by atoms with Gasteiger partial charge in [-0.3, -0.25) is 4.79 Å². The predicted octanol–water partition coefficient (Wildman–Crippen LogP) is 1.22. The third kappa shape index (κ3) is 2.55. The number of nitrogens with zero attached hydrogens (tertiary/aromatic N) is 1. The third-order valence-corrected chi connectivity index (χ3v) is 2.74. The van der Waals surface area contributed by atoms with Gasteiger partial charge in [-0.2, -0.15) is 5.26 Å². The summed E-state index contributed by atoms with van der Waals surface area (Å²) in [5.41, 5.74) is 0. The Labute approximate surface area is 85.4 Å². The molecule has 1 rings (SSSR count). The van der Waals surface area contributed by atoms with E-state index in [1.54, 1.807) is 12.1 Å². The van der Waals surface area contributed by atoms with E-state index in [2.05, 4.69) is 4.74 Å². The molecule has 14 heavy (non-hydrogen) atoms. The molecule has 0 fully saturated rings. The fourth-order valence-corrected chi connectivity index (χ4v) is 1.72. The Hall–Kier alpha value is -1.38. The van der Waals surface area contributed by atoms with Gasteiger partial charge < -0.3 is 9.84 Å². The number of hydrogen-bond acceptors (Lipinski definition) is 5. The van der Waals surface area contributed by atoms with Crippen LogP contribution in [0.5, 0.6) is 0 Å². The molecule has 0 aromatic carbocycles. The van der Waals surface area contributed by atoms with E-state index in [1.807, 2.05) is 6.07 Å². The van der Waals surface area contributed by atoms with Crippen molar-refractivity contribution in [2.75, 3.05) is 7.11 Å². The number of ether oxygens (including phenoxy) is 1. The van der Waals surface area contributed by atoms with Crippen LogP contribution >= 0.6 is 11.3 Å². The number of carbonyl (C=O) groups is 1. The van der Waals surface area contributed by atoms with Gasteiger partial charge in [-0.05, 0) is 12.1 Å². The van der Waals surface area contributed by atoms with Crippen molar-refractivity contribution in [1.82, 2.24) is 0 Å². The molecule has 0 spiro atoms. The van der Waals surface area contributed by atoms with Crippen molar-refractivity contribution in [2.24, 2.45) is 0 Å². The van der Waals surface area contributed by atoms with Gasteiger partial charge in [0, 0.05) is 4.88 Å². The van der Waals surface area contributed by atoms with Gasteiger partial charge in [-0.1, -0.05) is 0 Å². The summed E-state index contributed by atoms with van der Waals surface area (Å²) in [6.07, 6.45) is -0.962. The monoisotopic (exact) mass is 211 g/mol. The summed E-state index contributed by atoms with van der Waals surface area (Å²) in [6, 6.07) is 5.21. The zero-order valence-electron chi connectivity index (χ0n) is 7.56. The maximum Gasteiger partial charge on any atom is 0.308 e. The number of aliphatic hydroxyl groups is 1. The van der Waals surface area contributed by atoms with E-state index in [1.165, 1.54) is 18.4 Å². The fraction of sp³-hybridized carbons (Fsp3) is 0.333. The van der Waals surface area contributed by atoms with Crippen LogP contribution in [0.15, 0.2) is 12.1 Å². The maximum absolute atomic E-state index is 10.8. The quantitative estimate of drug-likeness (QED) is 0.763. The van der Waals surface area contributed by atoms with Crippen molar-refractivity contribution in [3.8, 4) is 6.07 Å². The van der Waals surface area contributed by atoms with Crippen molar-refractivity contribution >= 4 is 17.3 Å². The summed E-state index contributed by atoms with van der Waals surface area (Å²) >= 11 is 1.17. The molecular weight excluding hydrogens is 202 g/mol. The van der Waals surface area contributed by atoms with Crippen molar-refractivity contribution in [1.29, 1.82) is 5.26 Å². The van der Waals surface area contributed by atoms with Gasteiger partial charge in [-0.15, -0.1) is 11.3 Å². The van der Waals surface area contributed by atoms with Crippen LogP contribution in [0.4, 0.5) is 0 Å². The molecule has 1 N–H and O–H groups in total. The fourth-order valence-electron chi connectivity index (χ4n) is 0.934. The highest BCUT2D eigenvalue weighted by Gasteiger charge is 2.15. The average Bonchev–Trinajstić information content (AvgIpc) is 2.65. The number of esters is 1. The Bertz CT molecular complexity index is 366. The van der Waals surface area contributed by atoms with Gasteiger partial charge in [0.25, 0.3) is 0 Å². The van der Waals surface area contributed by atoms with E-state index in [-0.39, 0.29) is 6.42 Å². The highest BCUT2D eigenvalue weighted by atomic mass is 32.1. The van der Waals surface area contributed by atoms with Crippen LogP contribution in [0.1, 0.15) is 22.3 Å². The molecule has 1 aromatic rings. The number of hydrogen-bond donors (Lipinski definition) is 1. The van der Waals surface area contributed by atoms with E-state index >= 15 is 0 Å². The summed E-state index contributed by atoms with van der Waals surface area (Å²) in [7, 11) is 1.27. The first-order valence-corrected chi connectivity index (χ1v) is 4.73. The molecular formula is C9H9NO3S. The molecule has 0 aliphatic carbocycles. The lowest BCUT2D eigenvalue weighted by Gasteiger charge is -2.05. The van der Waals surface area contributed by atoms with Gasteiger partial charge in [0.05, 0.1) is 19.6 Å². The van der Waals surface area contributed by atoms with E-state index in [0.717, 1.165) is 0 Å². The Balaban J connectivity index is 2.65. The molecule has 74 valence electrons. The molecule has 0 bridgehead atoms. The summed E-state index contributed by atoms with van der Waals surface area (Å²) in [5, 5.41) is 18.1. The second-order valence-electron chi connectivity index (χ2n) is 2.61. The Morgan fingerprint density at radius 2 is 2.50 bits per heavy atom. The molecule has 5 heteroatoms. The molecule has 0 aliphatic heterocycles. The highest BCUT2D eigenvalue weighted by Crippen LogP contribution is 2.25. The standard InChI is InChI=1S/C9H9NO3S/c1-13-9(12)4-7(11)8-3-2-6(5-10)14-8/h2-3,7,11H,4H2,1H3/t7-/m1/s1. The van der Waals surface area contributed by atoms with Crippen molar-refractivity contribution < 1.29 is 14.6 Å². The van der Waals surface area contributed by atoms with Crippen molar-refractivity contribution in [3.63, 3.8) is 0 Å². The lowest BCUT2D eigenvalue weighted by Crippen LogP contribution is -2.06. The molecule has 0 unspecified atom stereocenters. The summed E-state index contributed by atoms with van der Waals surface area (Å²) in [5.74, 6) is -0.468. The molecule has 0 aliphatic rings. The van der Waals surface area contributed by atoms with Gasteiger partial charge >= 0.3 is 5.97 Å². The number of rotatable bonds is 3. The van der Waals surface area contributed by atoms with Crippen LogP contribution in [-0.4, -0.2) is 18.2 Å². The zero-order chi connectivity index (χ0) is 10.6. The first-order valence-electron chi connectivity index (χ1n) is 3.92. The van der Waals surface area contributed by atoms with Gasteiger partial charge in [0.1, 0.15) is 10.9 Å². The normalized spacial score (nSPS) is 11.8. The molecule has 1 aromatic heterocycles. The summed E-state index contributed by atoms with van der Waals surface area (Å²) in [6.45, 7) is 0. The van der Waals surface area contributed by atoms with E-state index in [9.17, 15) is 9.90 Å². The summed E-state index contributed by atoms with van der Waals surface area (Å²) < 4.78 is 4.42. The lowest BCUT2D eigenvalue weighted by molar-refractivity contribution is -0.142. The van der Waals surface area contributed by atoms with E-state index in [4.69, 9.17) is 5.26 Å². The molecule has 1 heterocycles. The smallest absolute Gasteiger partial charge is 0.308 e. The van der Waals surface area contributed by atoms with Crippen LogP contribution in [0, 0.1) is 11.3 Å². The SMILES string of the molecule is COC(=O)C[C@@H](O)c1ccc(C#N)s1. The first kappa shape index (κ1) is 10.7. The minimum absolute atomic E-state index is 0.0815. The number of methoxy groups -OCH3 is 1. The highest BCUT2D eigenvalue weighted by molar-refractivity contribution is 7.12. The van der Waals surface area contributed by atoms with Crippen LogP contribution < -0.4 is 0 Å². The van der Waals surface area contributed by atoms with Crippen LogP contribution in [0.2, 0.25) is 0 Å². The number of thiophene rings is 1. The Kier molecular flexibility index (Phi) is 3.63. The molecule has 0 amide bonds. The molecule has 0 saturated heterocycles. The predicted molar refractivity (Wildman–Crippen MR) is 50.6 cm³/mol. The van der Waals surface area contributed by atoms with Crippen LogP contribution in [-0.2, 0) is 9.53 Å². The largest absolute Gasteiger partial charge is 0.469 e. The van der Waals surface area contributed by atoms with E-state index < -0.39 is 12.1 Å². The van der Waals surface area contributed by atoms with Gasteiger partial charge in [0.15, 0.2) is 0 Å². The molecule has 0 radical (unpaired) electrons. The number of nitriles is 1. The van der Waals surface area contributed by atoms with Crippen LogP contribution in [0.3, 0.4) is 0 Å². The number of carbonyl (C=O) groups excluding carboxylic acids is 1. The summed E-state index contributed by atoms with van der Waals surface area (Å²) in [4.78, 5) is 12.0. The minimum atomic E-state index is -0.880. The molecule has 4 nitrogen and oxygen atoms in total. The minimum Gasteiger partial charge on any atom is -0.469 e. The van der Waals surface area contributed by atoms with Crippen molar-refractivity contribution in [3.05, 3.63) is 21.9 Å². The second kappa shape index (κ2) is 4.74. The Morgan fingerprint density at radius 1 is 1.79 bits per heavy atom. The molecule has 0 saturated carbocycles. The van der Waals surface area contributed by atoms with Gasteiger partial charge in [-0.25, -0.2) is 0 Å².